The molecule has 21 heavy (non-hydrogen) atoms. The van der Waals surface area contributed by atoms with Gasteiger partial charge < -0.3 is 10.2 Å². The summed E-state index contributed by atoms with van der Waals surface area (Å²) >= 11 is 0. The lowest BCUT2D eigenvalue weighted by Crippen LogP contribution is -2.52. The van der Waals surface area contributed by atoms with E-state index in [0.29, 0.717) is 11.8 Å². The monoisotopic (exact) mass is 282 g/mol. The molecule has 0 spiro atoms. The molecule has 0 amide bonds. The lowest BCUT2D eigenvalue weighted by Gasteiger charge is -2.47. The highest BCUT2D eigenvalue weighted by molar-refractivity contribution is 5.51. The van der Waals surface area contributed by atoms with Gasteiger partial charge in [-0.3, -0.25) is 0 Å². The number of hydrogen-bond acceptors (Lipinski definition) is 2. The number of nitrogens with zero attached hydrogens (tertiary/aromatic N) is 1. The molecule has 1 unspecified atom stereocenters. The van der Waals surface area contributed by atoms with Crippen LogP contribution in [0.5, 0.6) is 0 Å². The maximum absolute atomic E-state index is 4.19. The van der Waals surface area contributed by atoms with E-state index in [-0.39, 0.29) is 0 Å². The quantitative estimate of drug-likeness (QED) is 0.890. The Bertz CT molecular complexity index is 552. The molecule has 112 valence electrons. The van der Waals surface area contributed by atoms with Crippen LogP contribution in [0.4, 0.5) is 5.69 Å². The summed E-state index contributed by atoms with van der Waals surface area (Å²) in [6.07, 6.45) is 2.29. The summed E-state index contributed by atoms with van der Waals surface area (Å²) in [7, 11) is 0. The van der Waals surface area contributed by atoms with E-state index in [1.807, 2.05) is 0 Å². The topological polar surface area (TPSA) is 15.3 Å². The Morgan fingerprint density at radius 2 is 2.00 bits per heavy atom. The van der Waals surface area contributed by atoms with Gasteiger partial charge in [0.05, 0.1) is 0 Å². The zero-order valence-electron chi connectivity index (χ0n) is 13.2. The molecule has 0 aromatic heterocycles. The predicted molar refractivity (Wildman–Crippen MR) is 90.4 cm³/mol. The molecule has 2 heterocycles. The van der Waals surface area contributed by atoms with Gasteiger partial charge >= 0.3 is 0 Å². The van der Waals surface area contributed by atoms with Gasteiger partial charge in [0.2, 0.25) is 0 Å². The van der Waals surface area contributed by atoms with Crippen LogP contribution in [0.25, 0.3) is 0 Å². The average Bonchev–Trinajstić information content (AvgIpc) is 2.40. The van der Waals surface area contributed by atoms with Crippen LogP contribution in [0.15, 0.2) is 48.8 Å². The van der Waals surface area contributed by atoms with Crippen LogP contribution in [-0.2, 0) is 0 Å². The minimum Gasteiger partial charge on any atom is -0.371 e. The summed E-state index contributed by atoms with van der Waals surface area (Å²) in [5, 5.41) is 3.35. The lowest BCUT2D eigenvalue weighted by atomic mass is 9.78. The van der Waals surface area contributed by atoms with Gasteiger partial charge in [0, 0.05) is 42.0 Å². The molecule has 2 aliphatic heterocycles. The molecule has 2 nitrogen and oxygen atoms in total. The smallest absolute Gasteiger partial charge is 0.0369 e. The van der Waals surface area contributed by atoms with Crippen LogP contribution in [0, 0.1) is 11.8 Å². The second-order valence-electron chi connectivity index (χ2n) is 6.81. The standard InChI is InChI=1S/C19H26N2/c1-13(2)16-6-5-7-18(10-16)21-11-17(12-21)19-9-8-14(3)20-15(19)4/h5-7,10,13,17,19-20H,3-4,8-9,11-12H2,1-2H3. The Kier molecular flexibility index (Phi) is 3.79. The van der Waals surface area contributed by atoms with Crippen LogP contribution in [0.3, 0.4) is 0 Å². The highest BCUT2D eigenvalue weighted by Gasteiger charge is 2.36. The fourth-order valence-electron chi connectivity index (χ4n) is 3.47. The van der Waals surface area contributed by atoms with Crippen molar-refractivity contribution in [3.63, 3.8) is 0 Å². The third kappa shape index (κ3) is 2.85. The molecule has 0 bridgehead atoms. The van der Waals surface area contributed by atoms with Gasteiger partial charge in [-0.25, -0.2) is 0 Å². The van der Waals surface area contributed by atoms with Gasteiger partial charge in [-0.15, -0.1) is 0 Å². The zero-order valence-corrected chi connectivity index (χ0v) is 13.2. The van der Waals surface area contributed by atoms with Crippen molar-refractivity contribution in [1.29, 1.82) is 0 Å². The maximum Gasteiger partial charge on any atom is 0.0369 e. The van der Waals surface area contributed by atoms with E-state index in [2.05, 4.69) is 61.5 Å². The van der Waals surface area contributed by atoms with Crippen LogP contribution >= 0.6 is 0 Å². The summed E-state index contributed by atoms with van der Waals surface area (Å²) < 4.78 is 0. The average molecular weight is 282 g/mol. The third-order valence-electron chi connectivity index (χ3n) is 4.92. The Balaban J connectivity index is 1.62. The molecule has 2 heteroatoms. The van der Waals surface area contributed by atoms with Crippen LogP contribution < -0.4 is 10.2 Å². The predicted octanol–water partition coefficient (Wildman–Crippen LogP) is 4.27. The van der Waals surface area contributed by atoms with E-state index in [1.165, 1.54) is 23.4 Å². The first-order valence-corrected chi connectivity index (χ1v) is 8.03. The van der Waals surface area contributed by atoms with Gasteiger partial charge in [0.1, 0.15) is 0 Å². The molecular formula is C19H26N2. The second kappa shape index (κ2) is 5.59. The molecule has 1 aromatic rings. The fraction of sp³-hybridized carbons (Fsp3) is 0.474. The molecule has 3 rings (SSSR count). The number of piperidine rings is 1. The second-order valence-corrected chi connectivity index (χ2v) is 6.81. The van der Waals surface area contributed by atoms with Crippen molar-refractivity contribution in [2.75, 3.05) is 18.0 Å². The third-order valence-corrected chi connectivity index (χ3v) is 4.92. The minimum atomic E-state index is 0.593. The number of nitrogens with one attached hydrogen (secondary N) is 1. The van der Waals surface area contributed by atoms with Crippen LogP contribution in [0.1, 0.15) is 38.2 Å². The van der Waals surface area contributed by atoms with Crippen LogP contribution in [0.2, 0.25) is 0 Å². The molecular weight excluding hydrogens is 256 g/mol. The van der Waals surface area contributed by atoms with Gasteiger partial charge in [-0.1, -0.05) is 39.1 Å². The first kappa shape index (κ1) is 14.2. The Morgan fingerprint density at radius 1 is 1.24 bits per heavy atom. The summed E-state index contributed by atoms with van der Waals surface area (Å²) in [5.74, 6) is 1.94. The molecule has 0 aliphatic carbocycles. The molecule has 2 fully saturated rings. The summed E-state index contributed by atoms with van der Waals surface area (Å²) in [4.78, 5) is 2.49. The first-order valence-electron chi connectivity index (χ1n) is 8.03. The molecule has 1 atom stereocenters. The molecule has 1 aromatic carbocycles. The van der Waals surface area contributed by atoms with Gasteiger partial charge in [-0.05, 0) is 36.5 Å². The van der Waals surface area contributed by atoms with Crippen molar-refractivity contribution >= 4 is 5.69 Å². The number of anilines is 1. The number of rotatable bonds is 3. The largest absolute Gasteiger partial charge is 0.371 e. The van der Waals surface area contributed by atoms with Crippen molar-refractivity contribution in [1.82, 2.24) is 5.32 Å². The number of hydrogen-bond donors (Lipinski definition) is 1. The number of benzene rings is 1. The Labute approximate surface area is 128 Å². The highest BCUT2D eigenvalue weighted by Crippen LogP contribution is 2.37. The van der Waals surface area contributed by atoms with Crippen molar-refractivity contribution in [3.05, 3.63) is 54.4 Å². The molecule has 2 aliphatic rings. The molecule has 2 saturated heterocycles. The highest BCUT2D eigenvalue weighted by atomic mass is 15.2. The summed E-state index contributed by atoms with van der Waals surface area (Å²) in [6.45, 7) is 15.0. The van der Waals surface area contributed by atoms with E-state index >= 15 is 0 Å². The van der Waals surface area contributed by atoms with E-state index in [4.69, 9.17) is 0 Å². The number of allylic oxidation sites excluding steroid dienone is 2. The lowest BCUT2D eigenvalue weighted by molar-refractivity contribution is 0.272. The van der Waals surface area contributed by atoms with E-state index < -0.39 is 0 Å². The van der Waals surface area contributed by atoms with E-state index in [9.17, 15) is 0 Å². The van der Waals surface area contributed by atoms with E-state index in [1.54, 1.807) is 0 Å². The SMILES string of the molecule is C=C1CCC(C2CN(c3cccc(C(C)C)c3)C2)C(=C)N1. The summed E-state index contributed by atoms with van der Waals surface area (Å²) in [5.41, 5.74) is 5.09. The van der Waals surface area contributed by atoms with E-state index in [0.717, 1.165) is 31.1 Å². The van der Waals surface area contributed by atoms with Gasteiger partial charge in [-0.2, -0.15) is 0 Å². The minimum absolute atomic E-state index is 0.593. The van der Waals surface area contributed by atoms with Crippen molar-refractivity contribution < 1.29 is 0 Å². The maximum atomic E-state index is 4.19. The Morgan fingerprint density at radius 3 is 2.67 bits per heavy atom. The van der Waals surface area contributed by atoms with Crippen molar-refractivity contribution in [2.45, 2.75) is 32.6 Å². The fourth-order valence-corrected chi connectivity index (χ4v) is 3.47. The van der Waals surface area contributed by atoms with Crippen molar-refractivity contribution in [3.8, 4) is 0 Å². The van der Waals surface area contributed by atoms with Gasteiger partial charge in [0.15, 0.2) is 0 Å². The summed E-state index contributed by atoms with van der Waals surface area (Å²) in [6, 6.07) is 8.99. The molecule has 1 N–H and O–H groups in total. The zero-order chi connectivity index (χ0) is 15.0. The Hall–Kier alpha value is -1.70. The normalized spacial score (nSPS) is 23.2. The molecule has 0 radical (unpaired) electrons. The van der Waals surface area contributed by atoms with Crippen LogP contribution in [-0.4, -0.2) is 13.1 Å². The molecule has 0 saturated carbocycles. The van der Waals surface area contributed by atoms with Crippen molar-refractivity contribution in [2.24, 2.45) is 11.8 Å². The van der Waals surface area contributed by atoms with Gasteiger partial charge in [0.25, 0.3) is 0 Å². The first-order chi connectivity index (χ1) is 10.0.